The van der Waals surface area contributed by atoms with Gasteiger partial charge in [0.2, 0.25) is 0 Å². The molecule has 2 rings (SSSR count). The maximum atomic E-state index is 8.91. The second-order valence-electron chi connectivity index (χ2n) is 2.60. The van der Waals surface area contributed by atoms with Crippen LogP contribution in [0.4, 0.5) is 0 Å². The Hall–Kier alpha value is -0.830. The Morgan fingerprint density at radius 1 is 0.941 bits per heavy atom. The van der Waals surface area contributed by atoms with Gasteiger partial charge in [-0.25, -0.2) is 0 Å². The Balaban J connectivity index is 2.39. The molecule has 0 N–H and O–H groups in total. The maximum absolute atomic E-state index is 8.91. The van der Waals surface area contributed by atoms with Crippen molar-refractivity contribution in [3.63, 3.8) is 0 Å². The number of halogens is 2. The van der Waals surface area contributed by atoms with E-state index in [0.29, 0.717) is 19.5 Å². The molecule has 9 heteroatoms. The van der Waals surface area contributed by atoms with E-state index in [2.05, 4.69) is 8.75 Å². The van der Waals surface area contributed by atoms with E-state index >= 15 is 0 Å². The van der Waals surface area contributed by atoms with Crippen molar-refractivity contribution in [3.8, 4) is 12.1 Å². The molecule has 17 heavy (non-hydrogen) atoms. The van der Waals surface area contributed by atoms with E-state index in [1.807, 2.05) is 12.1 Å². The van der Waals surface area contributed by atoms with Crippen LogP contribution in [0.5, 0.6) is 0 Å². The average Bonchev–Trinajstić information content (AvgIpc) is 2.83. The molecular formula is C8Cl2N4S3. The topological polar surface area (TPSA) is 73.4 Å². The minimum atomic E-state index is 0.175. The molecule has 0 aliphatic heterocycles. The maximum Gasteiger partial charge on any atom is 0.161 e. The molecule has 0 saturated heterocycles. The lowest BCUT2D eigenvalue weighted by Gasteiger charge is -1.93. The van der Waals surface area contributed by atoms with Crippen molar-refractivity contribution < 1.29 is 0 Å². The molecule has 0 bridgehead atoms. The Labute approximate surface area is 119 Å². The summed E-state index contributed by atoms with van der Waals surface area (Å²) in [5.74, 6) is 0. The first-order chi connectivity index (χ1) is 8.17. The first-order valence-corrected chi connectivity index (χ1v) is 7.07. The predicted octanol–water partition coefficient (Wildman–Crippen LogP) is 3.80. The second-order valence-corrected chi connectivity index (χ2v) is 6.40. The number of nitriles is 2. The van der Waals surface area contributed by atoms with E-state index in [-0.39, 0.29) is 10.3 Å². The summed E-state index contributed by atoms with van der Waals surface area (Å²) in [6.07, 6.45) is 0. The fourth-order valence-electron chi connectivity index (χ4n) is 0.921. The Bertz CT molecular complexity index is 593. The molecule has 0 aliphatic rings. The van der Waals surface area contributed by atoms with Crippen LogP contribution in [-0.2, 0) is 0 Å². The Morgan fingerprint density at radius 2 is 1.35 bits per heavy atom. The quantitative estimate of drug-likeness (QED) is 0.841. The van der Waals surface area contributed by atoms with Crippen LogP contribution < -0.4 is 0 Å². The van der Waals surface area contributed by atoms with E-state index in [1.54, 1.807) is 0 Å². The van der Waals surface area contributed by atoms with Crippen LogP contribution in [0.25, 0.3) is 0 Å². The molecule has 0 unspecified atom stereocenters. The highest BCUT2D eigenvalue weighted by atomic mass is 35.5. The fraction of sp³-hybridized carbons (Fsp3) is 0. The molecular weight excluding hydrogens is 319 g/mol. The van der Waals surface area contributed by atoms with Gasteiger partial charge in [0, 0.05) is 0 Å². The smallest absolute Gasteiger partial charge is 0.161 e. The van der Waals surface area contributed by atoms with Gasteiger partial charge >= 0.3 is 0 Å². The lowest BCUT2D eigenvalue weighted by atomic mass is 10.4. The van der Waals surface area contributed by atoms with Crippen LogP contribution in [0.1, 0.15) is 11.1 Å². The van der Waals surface area contributed by atoms with Gasteiger partial charge in [-0.05, 0) is 23.1 Å². The molecule has 0 radical (unpaired) electrons. The minimum Gasteiger partial charge on any atom is -0.192 e. The SMILES string of the molecule is N#Cc1c(Cl)nsc1Sc1snc(Cl)c1C#N. The number of nitrogens with zero attached hydrogens (tertiary/aromatic N) is 4. The summed E-state index contributed by atoms with van der Waals surface area (Å²) in [4.78, 5) is 0. The highest BCUT2D eigenvalue weighted by Gasteiger charge is 2.18. The zero-order valence-corrected chi connectivity index (χ0v) is 11.7. The third-order valence-corrected chi connectivity index (χ3v) is 5.41. The van der Waals surface area contributed by atoms with Crippen molar-refractivity contribution in [2.24, 2.45) is 0 Å². The highest BCUT2D eigenvalue weighted by Crippen LogP contribution is 2.41. The lowest BCUT2D eigenvalue weighted by molar-refractivity contribution is 1.42. The molecule has 0 aromatic carbocycles. The third kappa shape index (κ3) is 2.39. The molecule has 0 fully saturated rings. The minimum absolute atomic E-state index is 0.175. The van der Waals surface area contributed by atoms with Crippen LogP contribution in [0.15, 0.2) is 8.42 Å². The standard InChI is InChI=1S/C8Cl2N4S3/c9-5-3(1-11)7(16-13-5)15-8-4(2-12)6(10)14-17-8. The molecule has 0 aliphatic carbocycles. The number of aromatic nitrogens is 2. The molecule has 2 aromatic rings. The van der Waals surface area contributed by atoms with Gasteiger partial charge in [0.05, 0.1) is 0 Å². The van der Waals surface area contributed by atoms with Crippen LogP contribution in [-0.4, -0.2) is 8.75 Å². The van der Waals surface area contributed by atoms with E-state index in [9.17, 15) is 0 Å². The van der Waals surface area contributed by atoms with Crippen molar-refractivity contribution in [2.75, 3.05) is 0 Å². The highest BCUT2D eigenvalue weighted by molar-refractivity contribution is 8.02. The molecule has 2 aromatic heterocycles. The summed E-state index contributed by atoms with van der Waals surface area (Å²) in [6, 6.07) is 3.94. The molecule has 2 heterocycles. The van der Waals surface area contributed by atoms with Gasteiger partial charge in [0.15, 0.2) is 10.3 Å². The zero-order valence-electron chi connectivity index (χ0n) is 7.77. The van der Waals surface area contributed by atoms with Crippen LogP contribution in [0.2, 0.25) is 10.3 Å². The van der Waals surface area contributed by atoms with Gasteiger partial charge in [-0.3, -0.25) is 0 Å². The average molecular weight is 319 g/mol. The van der Waals surface area contributed by atoms with E-state index in [0.717, 1.165) is 23.1 Å². The Morgan fingerprint density at radius 3 is 1.71 bits per heavy atom. The van der Waals surface area contributed by atoms with Crippen LogP contribution in [0.3, 0.4) is 0 Å². The van der Waals surface area contributed by atoms with Gasteiger partial charge in [-0.1, -0.05) is 35.0 Å². The van der Waals surface area contributed by atoms with Crippen molar-refractivity contribution in [2.45, 2.75) is 8.42 Å². The van der Waals surface area contributed by atoms with Crippen molar-refractivity contribution >= 4 is 58.0 Å². The van der Waals surface area contributed by atoms with E-state index < -0.39 is 0 Å². The normalized spacial score (nSPS) is 9.88. The lowest BCUT2D eigenvalue weighted by Crippen LogP contribution is -1.75. The van der Waals surface area contributed by atoms with Gasteiger partial charge in [0.25, 0.3) is 0 Å². The van der Waals surface area contributed by atoms with E-state index in [1.165, 1.54) is 11.8 Å². The number of hydrogen-bond donors (Lipinski definition) is 0. The van der Waals surface area contributed by atoms with Crippen molar-refractivity contribution in [1.29, 1.82) is 10.5 Å². The predicted molar refractivity (Wildman–Crippen MR) is 67.8 cm³/mol. The van der Waals surface area contributed by atoms with Gasteiger partial charge in [0.1, 0.15) is 31.7 Å². The molecule has 0 saturated carbocycles. The largest absolute Gasteiger partial charge is 0.192 e. The molecule has 84 valence electrons. The first-order valence-electron chi connectivity index (χ1n) is 3.95. The molecule has 0 atom stereocenters. The first kappa shape index (κ1) is 12.6. The summed E-state index contributed by atoms with van der Waals surface area (Å²) in [5.41, 5.74) is 0.630. The zero-order chi connectivity index (χ0) is 12.4. The summed E-state index contributed by atoms with van der Waals surface area (Å²) >= 11 is 14.9. The number of rotatable bonds is 2. The van der Waals surface area contributed by atoms with Crippen LogP contribution >= 0.6 is 58.0 Å². The third-order valence-electron chi connectivity index (χ3n) is 1.65. The van der Waals surface area contributed by atoms with E-state index in [4.69, 9.17) is 33.7 Å². The molecule has 4 nitrogen and oxygen atoms in total. The van der Waals surface area contributed by atoms with Crippen molar-refractivity contribution in [3.05, 3.63) is 21.4 Å². The monoisotopic (exact) mass is 318 g/mol. The molecule has 0 amide bonds. The summed E-state index contributed by atoms with van der Waals surface area (Å²) in [5, 5.41) is 18.2. The summed E-state index contributed by atoms with van der Waals surface area (Å²) in [6.45, 7) is 0. The summed E-state index contributed by atoms with van der Waals surface area (Å²) in [7, 11) is 0. The second kappa shape index (κ2) is 5.21. The fourth-order valence-corrected chi connectivity index (χ4v) is 4.44. The van der Waals surface area contributed by atoms with Gasteiger partial charge < -0.3 is 0 Å². The Kier molecular flexibility index (Phi) is 3.87. The molecule has 0 spiro atoms. The van der Waals surface area contributed by atoms with Crippen molar-refractivity contribution in [1.82, 2.24) is 8.75 Å². The number of hydrogen-bond acceptors (Lipinski definition) is 7. The summed E-state index contributed by atoms with van der Waals surface area (Å²) < 4.78 is 9.02. The van der Waals surface area contributed by atoms with Gasteiger partial charge in [-0.15, -0.1) is 0 Å². The van der Waals surface area contributed by atoms with Crippen LogP contribution in [0, 0.1) is 22.7 Å². The van der Waals surface area contributed by atoms with Gasteiger partial charge in [-0.2, -0.15) is 19.3 Å².